The van der Waals surface area contributed by atoms with Gasteiger partial charge in [0.05, 0.1) is 27.2 Å². The molecule has 0 unspecified atom stereocenters. The van der Waals surface area contributed by atoms with Gasteiger partial charge in [0.25, 0.3) is 11.8 Å². The molecule has 1 saturated heterocycles. The largest absolute Gasteiger partial charge is 0.335 e. The molecular weight excluding hydrogens is 433 g/mol. The highest BCUT2D eigenvalue weighted by molar-refractivity contribution is 6.33. The van der Waals surface area contributed by atoms with Crippen LogP contribution in [0.2, 0.25) is 5.02 Å². The molecule has 0 atom stereocenters. The van der Waals surface area contributed by atoms with E-state index in [1.165, 1.54) is 12.1 Å². The van der Waals surface area contributed by atoms with Crippen molar-refractivity contribution in [3.05, 3.63) is 57.6 Å². The minimum atomic E-state index is -0.484. The molecule has 1 aromatic carbocycles. The van der Waals surface area contributed by atoms with Gasteiger partial charge in [-0.05, 0) is 44.0 Å². The van der Waals surface area contributed by atoms with Crippen molar-refractivity contribution in [2.75, 3.05) is 26.2 Å². The first-order chi connectivity index (χ1) is 15.3. The Morgan fingerprint density at radius 1 is 1.03 bits per heavy atom. The van der Waals surface area contributed by atoms with Crippen molar-refractivity contribution in [1.82, 2.24) is 24.6 Å². The van der Waals surface area contributed by atoms with E-state index in [1.807, 2.05) is 20.0 Å². The predicted octanol–water partition coefficient (Wildman–Crippen LogP) is 3.54. The number of carbonyl (C=O) groups excluding carboxylic acids is 2. The maximum atomic E-state index is 13.5. The number of fused-ring (bicyclic) bond motifs is 1. The first kappa shape index (κ1) is 20.9. The average molecular weight is 456 g/mol. The zero-order chi connectivity index (χ0) is 22.6. The number of pyridine rings is 1. The first-order valence-electron chi connectivity index (χ1n) is 10.7. The van der Waals surface area contributed by atoms with Crippen molar-refractivity contribution in [1.29, 1.82) is 0 Å². The Bertz CT molecular complexity index is 1240. The molecule has 2 amide bonds. The zero-order valence-corrected chi connectivity index (χ0v) is 18.7. The van der Waals surface area contributed by atoms with E-state index in [0.717, 1.165) is 41.3 Å². The summed E-state index contributed by atoms with van der Waals surface area (Å²) in [5, 5.41) is 5.35. The summed E-state index contributed by atoms with van der Waals surface area (Å²) in [7, 11) is 1.85. The molecule has 0 bridgehead atoms. The Morgan fingerprint density at radius 3 is 2.25 bits per heavy atom. The van der Waals surface area contributed by atoms with E-state index < -0.39 is 5.82 Å². The van der Waals surface area contributed by atoms with Crippen LogP contribution in [0, 0.1) is 12.7 Å². The van der Waals surface area contributed by atoms with Crippen molar-refractivity contribution in [2.45, 2.75) is 25.7 Å². The number of carbonyl (C=O) groups is 2. The third-order valence-electron chi connectivity index (χ3n) is 6.23. The number of aromatic nitrogens is 3. The number of amides is 2. The van der Waals surface area contributed by atoms with E-state index in [1.54, 1.807) is 14.5 Å². The molecule has 5 rings (SSSR count). The van der Waals surface area contributed by atoms with Gasteiger partial charge in [0, 0.05) is 44.8 Å². The molecule has 1 aliphatic heterocycles. The van der Waals surface area contributed by atoms with Crippen molar-refractivity contribution >= 4 is 34.4 Å². The molecule has 0 radical (unpaired) electrons. The van der Waals surface area contributed by atoms with E-state index in [-0.39, 0.29) is 22.4 Å². The average Bonchev–Trinajstić information content (AvgIpc) is 3.58. The van der Waals surface area contributed by atoms with Crippen LogP contribution in [-0.2, 0) is 7.05 Å². The van der Waals surface area contributed by atoms with Crippen molar-refractivity contribution in [3.63, 3.8) is 0 Å². The van der Waals surface area contributed by atoms with Gasteiger partial charge in [0.1, 0.15) is 5.82 Å². The van der Waals surface area contributed by atoms with Gasteiger partial charge in [0.2, 0.25) is 0 Å². The third kappa shape index (κ3) is 3.62. The second-order valence-electron chi connectivity index (χ2n) is 8.49. The predicted molar refractivity (Wildman–Crippen MR) is 118 cm³/mol. The summed E-state index contributed by atoms with van der Waals surface area (Å²) in [5.41, 5.74) is 3.35. The topological polar surface area (TPSA) is 71.3 Å². The summed E-state index contributed by atoms with van der Waals surface area (Å²) >= 11 is 6.05. The quantitative estimate of drug-likeness (QED) is 0.605. The second-order valence-corrected chi connectivity index (χ2v) is 8.89. The van der Waals surface area contributed by atoms with Crippen LogP contribution >= 0.6 is 11.6 Å². The van der Waals surface area contributed by atoms with Crippen molar-refractivity contribution < 1.29 is 14.0 Å². The SMILES string of the molecule is Cc1nn(C)c2nc(C3CC3)cc(C(=O)N3CCN(C(=O)c4ccc(F)cc4Cl)CC3)c12. The summed E-state index contributed by atoms with van der Waals surface area (Å²) < 4.78 is 15.0. The van der Waals surface area contributed by atoms with Gasteiger partial charge in [-0.2, -0.15) is 5.10 Å². The molecule has 2 aromatic heterocycles. The van der Waals surface area contributed by atoms with Crippen LogP contribution in [0.3, 0.4) is 0 Å². The minimum Gasteiger partial charge on any atom is -0.335 e. The number of nitrogens with zero attached hydrogens (tertiary/aromatic N) is 5. The first-order valence-corrected chi connectivity index (χ1v) is 11.1. The smallest absolute Gasteiger partial charge is 0.255 e. The number of benzene rings is 1. The highest BCUT2D eigenvalue weighted by Gasteiger charge is 2.31. The number of piperazine rings is 1. The fourth-order valence-electron chi connectivity index (χ4n) is 4.34. The van der Waals surface area contributed by atoms with Gasteiger partial charge in [-0.15, -0.1) is 0 Å². The number of hydrogen-bond acceptors (Lipinski definition) is 4. The van der Waals surface area contributed by atoms with Gasteiger partial charge in [-0.1, -0.05) is 11.6 Å². The van der Waals surface area contributed by atoms with Gasteiger partial charge >= 0.3 is 0 Å². The molecule has 2 aliphatic rings. The number of rotatable bonds is 3. The maximum Gasteiger partial charge on any atom is 0.255 e. The molecule has 1 saturated carbocycles. The fraction of sp³-hybridized carbons (Fsp3) is 0.391. The van der Waals surface area contributed by atoms with Crippen LogP contribution in [0.5, 0.6) is 0 Å². The zero-order valence-electron chi connectivity index (χ0n) is 17.9. The highest BCUT2D eigenvalue weighted by Crippen LogP contribution is 2.40. The Balaban J connectivity index is 1.37. The van der Waals surface area contributed by atoms with Gasteiger partial charge in [0.15, 0.2) is 5.65 Å². The molecule has 2 fully saturated rings. The molecular formula is C23H23ClFN5O2. The van der Waals surface area contributed by atoms with Crippen LogP contribution in [-0.4, -0.2) is 62.6 Å². The van der Waals surface area contributed by atoms with Crippen LogP contribution in [0.1, 0.15) is 50.9 Å². The van der Waals surface area contributed by atoms with E-state index in [4.69, 9.17) is 16.6 Å². The lowest BCUT2D eigenvalue weighted by Crippen LogP contribution is -2.50. The van der Waals surface area contributed by atoms with Crippen LogP contribution in [0.25, 0.3) is 11.0 Å². The molecule has 0 N–H and O–H groups in total. The lowest BCUT2D eigenvalue weighted by atomic mass is 10.1. The molecule has 32 heavy (non-hydrogen) atoms. The number of halogens is 2. The standard InChI is InChI=1S/C23H23ClFN5O2/c1-13-20-17(12-19(14-3-4-14)26-21(20)28(2)27-13)23(32)30-9-7-29(8-10-30)22(31)16-6-5-15(25)11-18(16)24/h5-6,11-12,14H,3-4,7-10H2,1-2H3. The van der Waals surface area contributed by atoms with Gasteiger partial charge in [-0.3, -0.25) is 14.3 Å². The molecule has 3 heterocycles. The number of aryl methyl sites for hydroxylation is 2. The van der Waals surface area contributed by atoms with E-state index in [9.17, 15) is 14.0 Å². The maximum absolute atomic E-state index is 13.5. The van der Waals surface area contributed by atoms with Crippen molar-refractivity contribution in [3.8, 4) is 0 Å². The van der Waals surface area contributed by atoms with Crippen LogP contribution in [0.15, 0.2) is 24.3 Å². The highest BCUT2D eigenvalue weighted by atomic mass is 35.5. The van der Waals surface area contributed by atoms with Gasteiger partial charge in [-0.25, -0.2) is 9.37 Å². The third-order valence-corrected chi connectivity index (χ3v) is 6.54. The summed E-state index contributed by atoms with van der Waals surface area (Å²) in [5.74, 6) is -0.396. The van der Waals surface area contributed by atoms with Crippen molar-refractivity contribution in [2.24, 2.45) is 7.05 Å². The van der Waals surface area contributed by atoms with Gasteiger partial charge < -0.3 is 9.80 Å². The summed E-state index contributed by atoms with van der Waals surface area (Å²) in [4.78, 5) is 34.5. The van der Waals surface area contributed by atoms with E-state index in [0.29, 0.717) is 37.7 Å². The fourth-order valence-corrected chi connectivity index (χ4v) is 4.59. The second kappa shape index (κ2) is 7.85. The molecule has 7 nitrogen and oxygen atoms in total. The summed E-state index contributed by atoms with van der Waals surface area (Å²) in [6.07, 6.45) is 2.19. The normalized spacial score (nSPS) is 16.6. The minimum absolute atomic E-state index is 0.0673. The molecule has 1 aliphatic carbocycles. The van der Waals surface area contributed by atoms with E-state index >= 15 is 0 Å². The monoisotopic (exact) mass is 455 g/mol. The Morgan fingerprint density at radius 2 is 1.66 bits per heavy atom. The molecule has 0 spiro atoms. The molecule has 166 valence electrons. The van der Waals surface area contributed by atoms with Crippen LogP contribution in [0.4, 0.5) is 4.39 Å². The Labute approximate surface area is 189 Å². The van der Waals surface area contributed by atoms with E-state index in [2.05, 4.69) is 5.10 Å². The molecule has 9 heteroatoms. The molecule has 3 aromatic rings. The summed E-state index contributed by atoms with van der Waals surface area (Å²) in [6.45, 7) is 3.47. The number of hydrogen-bond donors (Lipinski definition) is 0. The lowest BCUT2D eigenvalue weighted by Gasteiger charge is -2.35. The van der Waals surface area contributed by atoms with Crippen LogP contribution < -0.4 is 0 Å². The lowest BCUT2D eigenvalue weighted by molar-refractivity contribution is 0.0536. The summed E-state index contributed by atoms with van der Waals surface area (Å²) in [6, 6.07) is 5.68. The Kier molecular flexibility index (Phi) is 5.12. The Hall–Kier alpha value is -3.00.